The Morgan fingerprint density at radius 2 is 0.950 bits per heavy atom. The first-order chi connectivity index (χ1) is 9.69. The smallest absolute Gasteiger partial charge is 0.0352 e. The van der Waals surface area contributed by atoms with Gasteiger partial charge in [0.1, 0.15) is 0 Å². The van der Waals surface area contributed by atoms with Crippen LogP contribution in [0.5, 0.6) is 0 Å². The molecule has 0 atom stereocenters. The minimum Gasteiger partial charge on any atom is -0.304 e. The van der Waals surface area contributed by atoms with Gasteiger partial charge in [-0.15, -0.1) is 0 Å². The van der Waals surface area contributed by atoms with Crippen molar-refractivity contribution in [1.29, 1.82) is 0 Å². The molecule has 4 aliphatic heterocycles. The van der Waals surface area contributed by atoms with Crippen LogP contribution in [0.15, 0.2) is 0 Å². The summed E-state index contributed by atoms with van der Waals surface area (Å²) in [4.78, 5) is 13.0. The van der Waals surface area contributed by atoms with Crippen molar-refractivity contribution in [3.8, 4) is 0 Å². The zero-order chi connectivity index (χ0) is 13.7. The van der Waals surface area contributed by atoms with Crippen LogP contribution in [0.1, 0.15) is 0 Å². The maximum Gasteiger partial charge on any atom is 0.0352 e. The number of likely N-dealkylation sites (tertiary alicyclic amines) is 3. The van der Waals surface area contributed by atoms with Gasteiger partial charge in [-0.2, -0.15) is 0 Å². The first kappa shape index (κ1) is 13.5. The molecule has 5 nitrogen and oxygen atoms in total. The number of hydrogen-bond acceptors (Lipinski definition) is 5. The van der Waals surface area contributed by atoms with Crippen LogP contribution in [0.3, 0.4) is 0 Å². The average molecular weight is 279 g/mol. The average Bonchev–Trinajstić information content (AvgIpc) is 2.29. The monoisotopic (exact) mass is 279 g/mol. The molecule has 0 radical (unpaired) electrons. The van der Waals surface area contributed by atoms with Crippen LogP contribution in [0.4, 0.5) is 0 Å². The first-order valence-electron chi connectivity index (χ1n) is 8.28. The van der Waals surface area contributed by atoms with E-state index in [4.69, 9.17) is 0 Å². The van der Waals surface area contributed by atoms with E-state index in [1.807, 2.05) is 0 Å². The van der Waals surface area contributed by atoms with Gasteiger partial charge in [0.15, 0.2) is 0 Å². The van der Waals surface area contributed by atoms with Crippen LogP contribution >= 0.6 is 0 Å². The highest BCUT2D eigenvalue weighted by atomic mass is 15.4. The molecule has 5 heteroatoms. The number of rotatable bonds is 3. The highest BCUT2D eigenvalue weighted by Crippen LogP contribution is 2.27. The molecule has 4 rings (SSSR count). The normalized spacial score (nSPS) is 33.9. The molecule has 4 aliphatic rings. The zero-order valence-electron chi connectivity index (χ0n) is 13.0. The summed E-state index contributed by atoms with van der Waals surface area (Å²) in [5.74, 6) is 0. The van der Waals surface area contributed by atoms with Crippen molar-refractivity contribution in [2.45, 2.75) is 18.1 Å². The fourth-order valence-electron chi connectivity index (χ4n) is 4.12. The van der Waals surface area contributed by atoms with Crippen LogP contribution in [0, 0.1) is 0 Å². The molecule has 4 fully saturated rings. The third-order valence-electron chi connectivity index (χ3n) is 5.91. The Morgan fingerprint density at radius 3 is 1.45 bits per heavy atom. The second kappa shape index (κ2) is 5.21. The molecular weight excluding hydrogens is 250 g/mol. The zero-order valence-corrected chi connectivity index (χ0v) is 13.0. The Bertz CT molecular complexity index is 336. The number of piperazine rings is 1. The molecule has 0 aromatic carbocycles. The van der Waals surface area contributed by atoms with Gasteiger partial charge in [-0.05, 0) is 14.1 Å². The van der Waals surface area contributed by atoms with Crippen molar-refractivity contribution >= 4 is 0 Å². The van der Waals surface area contributed by atoms with Crippen LogP contribution in [-0.2, 0) is 0 Å². The fourth-order valence-corrected chi connectivity index (χ4v) is 4.12. The van der Waals surface area contributed by atoms with Crippen molar-refractivity contribution < 1.29 is 0 Å². The summed E-state index contributed by atoms with van der Waals surface area (Å²) in [7, 11) is 4.47. The maximum atomic E-state index is 2.72. The Hall–Kier alpha value is -0.200. The Labute approximate surface area is 123 Å². The molecule has 114 valence electrons. The largest absolute Gasteiger partial charge is 0.304 e. The molecule has 0 unspecified atom stereocenters. The van der Waals surface area contributed by atoms with Crippen LogP contribution in [-0.4, -0.2) is 122 Å². The van der Waals surface area contributed by atoms with Gasteiger partial charge in [0.05, 0.1) is 0 Å². The second-order valence-corrected chi connectivity index (χ2v) is 7.43. The van der Waals surface area contributed by atoms with E-state index in [-0.39, 0.29) is 0 Å². The summed E-state index contributed by atoms with van der Waals surface area (Å²) >= 11 is 0. The molecular formula is C15H29N5. The van der Waals surface area contributed by atoms with E-state index in [9.17, 15) is 0 Å². The van der Waals surface area contributed by atoms with Crippen LogP contribution in [0.2, 0.25) is 0 Å². The molecule has 0 aromatic rings. The lowest BCUT2D eigenvalue weighted by molar-refractivity contribution is -0.0883. The van der Waals surface area contributed by atoms with E-state index in [0.717, 1.165) is 18.1 Å². The van der Waals surface area contributed by atoms with Crippen molar-refractivity contribution in [2.24, 2.45) is 0 Å². The lowest BCUT2D eigenvalue weighted by Gasteiger charge is -2.58. The summed E-state index contributed by atoms with van der Waals surface area (Å²) in [6, 6.07) is 2.59. The number of likely N-dealkylation sites (N-methyl/N-ethyl adjacent to an activating group) is 2. The summed E-state index contributed by atoms with van der Waals surface area (Å²) in [5.41, 5.74) is 0. The molecule has 0 N–H and O–H groups in total. The minimum atomic E-state index is 0.854. The molecule has 0 amide bonds. The standard InChI is InChI=1S/C15H29N5/c1-16-3-5-18(6-4-16)14-9-20(10-14)15-11-19(12-15)13-7-17(2)8-13/h13-15H,3-12H2,1-2H3. The van der Waals surface area contributed by atoms with Gasteiger partial charge < -0.3 is 9.80 Å². The molecule has 0 saturated carbocycles. The minimum absolute atomic E-state index is 0.854. The van der Waals surface area contributed by atoms with E-state index in [0.29, 0.717) is 0 Å². The van der Waals surface area contributed by atoms with Crippen LogP contribution in [0.25, 0.3) is 0 Å². The van der Waals surface area contributed by atoms with Gasteiger partial charge in [0, 0.05) is 83.6 Å². The quantitative estimate of drug-likeness (QED) is 0.651. The predicted molar refractivity (Wildman–Crippen MR) is 81.1 cm³/mol. The second-order valence-electron chi connectivity index (χ2n) is 7.43. The van der Waals surface area contributed by atoms with Crippen LogP contribution < -0.4 is 0 Å². The van der Waals surface area contributed by atoms with Gasteiger partial charge in [-0.25, -0.2) is 0 Å². The van der Waals surface area contributed by atoms with Gasteiger partial charge in [0.25, 0.3) is 0 Å². The third-order valence-corrected chi connectivity index (χ3v) is 5.91. The van der Waals surface area contributed by atoms with Gasteiger partial charge in [0.2, 0.25) is 0 Å². The maximum absolute atomic E-state index is 2.72. The lowest BCUT2D eigenvalue weighted by atomic mass is 9.95. The van der Waals surface area contributed by atoms with Crippen molar-refractivity contribution in [3.05, 3.63) is 0 Å². The molecule has 4 saturated heterocycles. The van der Waals surface area contributed by atoms with Crippen molar-refractivity contribution in [1.82, 2.24) is 24.5 Å². The van der Waals surface area contributed by atoms with E-state index in [1.54, 1.807) is 0 Å². The fraction of sp³-hybridized carbons (Fsp3) is 1.00. The Balaban J connectivity index is 1.16. The van der Waals surface area contributed by atoms with E-state index in [1.165, 1.54) is 65.4 Å². The van der Waals surface area contributed by atoms with Gasteiger partial charge in [-0.1, -0.05) is 0 Å². The SMILES string of the molecule is CN1CCN(C2CN(C3CN(C4CN(C)C4)C3)C2)CC1. The lowest BCUT2D eigenvalue weighted by Crippen LogP contribution is -2.74. The topological polar surface area (TPSA) is 16.2 Å². The third kappa shape index (κ3) is 2.40. The molecule has 20 heavy (non-hydrogen) atoms. The number of nitrogens with zero attached hydrogens (tertiary/aromatic N) is 5. The Kier molecular flexibility index (Phi) is 3.51. The number of hydrogen-bond donors (Lipinski definition) is 0. The summed E-state index contributed by atoms with van der Waals surface area (Å²) in [6.07, 6.45) is 0. The van der Waals surface area contributed by atoms with Gasteiger partial charge >= 0.3 is 0 Å². The van der Waals surface area contributed by atoms with E-state index in [2.05, 4.69) is 38.6 Å². The molecule has 4 heterocycles. The molecule has 0 aromatic heterocycles. The molecule has 0 spiro atoms. The summed E-state index contributed by atoms with van der Waals surface area (Å²) in [6.45, 7) is 12.9. The Morgan fingerprint density at radius 1 is 0.500 bits per heavy atom. The molecule has 0 aliphatic carbocycles. The summed E-state index contributed by atoms with van der Waals surface area (Å²) in [5, 5.41) is 0. The first-order valence-corrected chi connectivity index (χ1v) is 8.28. The predicted octanol–water partition coefficient (Wildman–Crippen LogP) is -1.08. The molecule has 0 bridgehead atoms. The highest BCUT2D eigenvalue weighted by Gasteiger charge is 2.44. The summed E-state index contributed by atoms with van der Waals surface area (Å²) < 4.78 is 0. The van der Waals surface area contributed by atoms with Crippen molar-refractivity contribution in [3.63, 3.8) is 0 Å². The van der Waals surface area contributed by atoms with E-state index < -0.39 is 0 Å². The van der Waals surface area contributed by atoms with Crippen molar-refractivity contribution in [2.75, 3.05) is 79.5 Å². The van der Waals surface area contributed by atoms with E-state index >= 15 is 0 Å². The van der Waals surface area contributed by atoms with Gasteiger partial charge in [-0.3, -0.25) is 14.7 Å². The highest BCUT2D eigenvalue weighted by molar-refractivity contribution is 5.01.